The molecule has 0 spiro atoms. The topological polar surface area (TPSA) is 34.9 Å². The molecular formula is C13H14N2O. The number of aromatic nitrogens is 2. The Morgan fingerprint density at radius 2 is 2.00 bits per heavy atom. The van der Waals surface area contributed by atoms with Crippen molar-refractivity contribution in [3.05, 3.63) is 47.3 Å². The molecule has 0 atom stereocenters. The van der Waals surface area contributed by atoms with E-state index in [1.54, 1.807) is 24.0 Å². The molecule has 0 N–H and O–H groups in total. The van der Waals surface area contributed by atoms with Gasteiger partial charge in [0.25, 0.3) is 0 Å². The van der Waals surface area contributed by atoms with E-state index in [1.165, 1.54) is 11.1 Å². The normalized spacial score (nSPS) is 10.4. The Kier molecular flexibility index (Phi) is 2.60. The number of benzene rings is 1. The predicted octanol–water partition coefficient (Wildman–Crippen LogP) is 2.69. The summed E-state index contributed by atoms with van der Waals surface area (Å²) in [6, 6.07) is 6.12. The van der Waals surface area contributed by atoms with Crippen LogP contribution < -0.4 is 0 Å². The molecule has 0 aliphatic carbocycles. The van der Waals surface area contributed by atoms with Gasteiger partial charge in [0.1, 0.15) is 0 Å². The lowest BCUT2D eigenvalue weighted by atomic mass is 10.1. The average Bonchev–Trinajstić information content (AvgIpc) is 2.71. The van der Waals surface area contributed by atoms with E-state index in [2.05, 4.69) is 31.1 Å². The Morgan fingerprint density at radius 3 is 2.56 bits per heavy atom. The fourth-order valence-electron chi connectivity index (χ4n) is 1.51. The van der Waals surface area contributed by atoms with Crippen molar-refractivity contribution in [3.8, 4) is 5.69 Å². The van der Waals surface area contributed by atoms with Gasteiger partial charge in [-0.1, -0.05) is 6.07 Å². The summed E-state index contributed by atoms with van der Waals surface area (Å²) < 4.78 is 1.73. The Morgan fingerprint density at radius 1 is 1.25 bits per heavy atom. The first-order valence-electron chi connectivity index (χ1n) is 5.21. The first-order valence-corrected chi connectivity index (χ1v) is 5.21. The van der Waals surface area contributed by atoms with Crippen LogP contribution >= 0.6 is 0 Å². The third-order valence-electron chi connectivity index (χ3n) is 2.74. The molecule has 1 heterocycles. The largest absolute Gasteiger partial charge is 0.294 e. The van der Waals surface area contributed by atoms with E-state index in [0.717, 1.165) is 5.69 Å². The number of hydrogen-bond acceptors (Lipinski definition) is 2. The Hall–Kier alpha value is -1.90. The summed E-state index contributed by atoms with van der Waals surface area (Å²) >= 11 is 0. The quantitative estimate of drug-likeness (QED) is 0.720. The molecule has 0 fully saturated rings. The highest BCUT2D eigenvalue weighted by molar-refractivity contribution is 5.93. The van der Waals surface area contributed by atoms with Crippen LogP contribution in [0, 0.1) is 13.8 Å². The van der Waals surface area contributed by atoms with Gasteiger partial charge in [0.2, 0.25) is 0 Å². The van der Waals surface area contributed by atoms with Crippen LogP contribution in [0.15, 0.2) is 30.6 Å². The standard InChI is InChI=1S/C13H14N2O/c1-9-4-5-13(6-10(9)2)15-8-12(7-14-15)11(3)16/h4-8H,1-3H3. The lowest BCUT2D eigenvalue weighted by molar-refractivity contribution is 0.101. The number of carbonyl (C=O) groups excluding carboxylic acids is 1. The van der Waals surface area contributed by atoms with Crippen LogP contribution in [0.2, 0.25) is 0 Å². The van der Waals surface area contributed by atoms with Crippen LogP contribution in [0.1, 0.15) is 28.4 Å². The Labute approximate surface area is 94.7 Å². The van der Waals surface area contributed by atoms with Crippen molar-refractivity contribution < 1.29 is 4.79 Å². The van der Waals surface area contributed by atoms with Gasteiger partial charge in [-0.25, -0.2) is 4.68 Å². The SMILES string of the molecule is CC(=O)c1cnn(-c2ccc(C)c(C)c2)c1. The highest BCUT2D eigenvalue weighted by Gasteiger charge is 2.05. The van der Waals surface area contributed by atoms with Gasteiger partial charge in [-0.2, -0.15) is 5.10 Å². The van der Waals surface area contributed by atoms with E-state index < -0.39 is 0 Å². The van der Waals surface area contributed by atoms with Crippen LogP contribution in [0.25, 0.3) is 5.69 Å². The average molecular weight is 214 g/mol. The number of rotatable bonds is 2. The summed E-state index contributed by atoms with van der Waals surface area (Å²) in [4.78, 5) is 11.2. The van der Waals surface area contributed by atoms with Gasteiger partial charge in [0.05, 0.1) is 17.4 Å². The molecule has 3 heteroatoms. The van der Waals surface area contributed by atoms with E-state index >= 15 is 0 Å². The van der Waals surface area contributed by atoms with Crippen molar-refractivity contribution in [1.82, 2.24) is 9.78 Å². The molecule has 0 saturated carbocycles. The predicted molar refractivity (Wildman–Crippen MR) is 63.0 cm³/mol. The highest BCUT2D eigenvalue weighted by atomic mass is 16.1. The minimum absolute atomic E-state index is 0.0371. The molecule has 0 aliphatic heterocycles. The number of Topliss-reactive ketones (excluding diaryl/α,β-unsaturated/α-hetero) is 1. The van der Waals surface area contributed by atoms with Gasteiger partial charge in [0, 0.05) is 6.20 Å². The van der Waals surface area contributed by atoms with Gasteiger partial charge < -0.3 is 0 Å². The number of nitrogens with zero attached hydrogens (tertiary/aromatic N) is 2. The van der Waals surface area contributed by atoms with Crippen molar-refractivity contribution in [2.45, 2.75) is 20.8 Å². The third kappa shape index (κ3) is 1.89. The van der Waals surface area contributed by atoms with Gasteiger partial charge in [-0.05, 0) is 44.0 Å². The lowest BCUT2D eigenvalue weighted by Crippen LogP contribution is -1.96. The number of hydrogen-bond donors (Lipinski definition) is 0. The summed E-state index contributed by atoms with van der Waals surface area (Å²) in [7, 11) is 0. The van der Waals surface area contributed by atoms with Crippen molar-refractivity contribution >= 4 is 5.78 Å². The van der Waals surface area contributed by atoms with Gasteiger partial charge in [-0.3, -0.25) is 4.79 Å². The van der Waals surface area contributed by atoms with Gasteiger partial charge in [0.15, 0.2) is 5.78 Å². The molecule has 0 saturated heterocycles. The fraction of sp³-hybridized carbons (Fsp3) is 0.231. The molecule has 0 bridgehead atoms. The van der Waals surface area contributed by atoms with Gasteiger partial charge >= 0.3 is 0 Å². The third-order valence-corrected chi connectivity index (χ3v) is 2.74. The van der Waals surface area contributed by atoms with Crippen LogP contribution in [-0.2, 0) is 0 Å². The second kappa shape index (κ2) is 3.93. The summed E-state index contributed by atoms with van der Waals surface area (Å²) in [6.45, 7) is 5.68. The zero-order valence-corrected chi connectivity index (χ0v) is 9.69. The van der Waals surface area contributed by atoms with E-state index in [0.29, 0.717) is 5.56 Å². The van der Waals surface area contributed by atoms with Crippen LogP contribution in [0.3, 0.4) is 0 Å². The molecule has 0 radical (unpaired) electrons. The molecule has 1 aromatic carbocycles. The van der Waals surface area contributed by atoms with Crippen LogP contribution in [-0.4, -0.2) is 15.6 Å². The second-order valence-corrected chi connectivity index (χ2v) is 4.00. The molecule has 2 aromatic rings. The maximum Gasteiger partial charge on any atom is 0.162 e. The second-order valence-electron chi connectivity index (χ2n) is 4.00. The molecular weight excluding hydrogens is 200 g/mol. The Bertz CT molecular complexity index is 541. The van der Waals surface area contributed by atoms with Crippen molar-refractivity contribution in [1.29, 1.82) is 0 Å². The summed E-state index contributed by atoms with van der Waals surface area (Å²) in [5.41, 5.74) is 4.09. The molecule has 16 heavy (non-hydrogen) atoms. The lowest BCUT2D eigenvalue weighted by Gasteiger charge is -2.04. The maximum absolute atomic E-state index is 11.2. The van der Waals surface area contributed by atoms with E-state index in [1.807, 2.05) is 6.07 Å². The minimum Gasteiger partial charge on any atom is -0.294 e. The van der Waals surface area contributed by atoms with Crippen LogP contribution in [0.5, 0.6) is 0 Å². The molecule has 0 aliphatic rings. The number of ketones is 1. The molecule has 0 amide bonds. The van der Waals surface area contributed by atoms with Gasteiger partial charge in [-0.15, -0.1) is 0 Å². The molecule has 2 rings (SSSR count). The monoisotopic (exact) mass is 214 g/mol. The summed E-state index contributed by atoms with van der Waals surface area (Å²) in [6.07, 6.45) is 3.35. The molecule has 0 unspecified atom stereocenters. The fourth-order valence-corrected chi connectivity index (χ4v) is 1.51. The van der Waals surface area contributed by atoms with E-state index in [4.69, 9.17) is 0 Å². The van der Waals surface area contributed by atoms with Crippen molar-refractivity contribution in [3.63, 3.8) is 0 Å². The molecule has 3 nitrogen and oxygen atoms in total. The Balaban J connectivity index is 2.42. The smallest absolute Gasteiger partial charge is 0.162 e. The number of aryl methyl sites for hydroxylation is 2. The zero-order valence-electron chi connectivity index (χ0n) is 9.69. The molecule has 1 aromatic heterocycles. The maximum atomic E-state index is 11.2. The zero-order chi connectivity index (χ0) is 11.7. The van der Waals surface area contributed by atoms with Crippen molar-refractivity contribution in [2.75, 3.05) is 0 Å². The van der Waals surface area contributed by atoms with E-state index in [-0.39, 0.29) is 5.78 Å². The highest BCUT2D eigenvalue weighted by Crippen LogP contribution is 2.14. The number of carbonyl (C=O) groups is 1. The first-order chi connectivity index (χ1) is 7.58. The van der Waals surface area contributed by atoms with E-state index in [9.17, 15) is 4.79 Å². The first kappa shape index (κ1) is 10.6. The molecule has 82 valence electrons. The summed E-state index contributed by atoms with van der Waals surface area (Å²) in [5.74, 6) is 0.0371. The minimum atomic E-state index is 0.0371. The summed E-state index contributed by atoms with van der Waals surface area (Å²) in [5, 5.41) is 4.17. The van der Waals surface area contributed by atoms with Crippen LogP contribution in [0.4, 0.5) is 0 Å². The van der Waals surface area contributed by atoms with Crippen molar-refractivity contribution in [2.24, 2.45) is 0 Å².